The lowest BCUT2D eigenvalue weighted by Gasteiger charge is -2.28. The summed E-state index contributed by atoms with van der Waals surface area (Å²) in [6.07, 6.45) is 3.81. The molecule has 0 aromatic carbocycles. The minimum atomic E-state index is -0.117. The van der Waals surface area contributed by atoms with Crippen LogP contribution in [0.3, 0.4) is 0 Å². The lowest BCUT2D eigenvalue weighted by atomic mass is 9.93. The quantitative estimate of drug-likeness (QED) is 0.827. The van der Waals surface area contributed by atoms with E-state index in [0.717, 1.165) is 6.54 Å². The molecule has 1 atom stereocenters. The highest BCUT2D eigenvalue weighted by Crippen LogP contribution is 2.33. The summed E-state index contributed by atoms with van der Waals surface area (Å²) in [5.41, 5.74) is 7.38. The van der Waals surface area contributed by atoms with Gasteiger partial charge in [0.25, 0.3) is 0 Å². The lowest BCUT2D eigenvalue weighted by molar-refractivity contribution is 0.394. The Balaban J connectivity index is 2.01. The number of hydrogen-bond donors (Lipinski definition) is 2. The van der Waals surface area contributed by atoms with Gasteiger partial charge in [0.15, 0.2) is 0 Å². The van der Waals surface area contributed by atoms with Gasteiger partial charge in [0.05, 0.1) is 0 Å². The standard InChI is InChI=1S/C12H20N2S/c1-12(2,13)8-14-10-4-3-5-11-9(10)6-7-15-11/h6-7,10,14H,3-5,8,13H2,1-2H3. The molecule has 0 amide bonds. The third kappa shape index (κ3) is 2.80. The Morgan fingerprint density at radius 2 is 2.40 bits per heavy atom. The molecule has 1 aromatic heterocycles. The van der Waals surface area contributed by atoms with Gasteiger partial charge in [-0.2, -0.15) is 0 Å². The molecule has 84 valence electrons. The van der Waals surface area contributed by atoms with Crippen LogP contribution in [-0.4, -0.2) is 12.1 Å². The van der Waals surface area contributed by atoms with Crippen molar-refractivity contribution in [2.75, 3.05) is 6.54 Å². The van der Waals surface area contributed by atoms with Crippen molar-refractivity contribution in [1.29, 1.82) is 0 Å². The van der Waals surface area contributed by atoms with Crippen LogP contribution in [0.25, 0.3) is 0 Å². The Hall–Kier alpha value is -0.380. The Morgan fingerprint density at radius 1 is 1.60 bits per heavy atom. The number of rotatable bonds is 3. The minimum absolute atomic E-state index is 0.117. The molecule has 0 fully saturated rings. The third-order valence-electron chi connectivity index (χ3n) is 2.86. The molecule has 2 nitrogen and oxygen atoms in total. The van der Waals surface area contributed by atoms with Crippen molar-refractivity contribution >= 4 is 11.3 Å². The van der Waals surface area contributed by atoms with Crippen LogP contribution in [0.4, 0.5) is 0 Å². The average Bonchev–Trinajstić information content (AvgIpc) is 2.61. The SMILES string of the molecule is CC(C)(N)CNC1CCCc2sccc21. The van der Waals surface area contributed by atoms with Crippen LogP contribution in [0.15, 0.2) is 11.4 Å². The van der Waals surface area contributed by atoms with Crippen molar-refractivity contribution in [2.24, 2.45) is 5.73 Å². The fourth-order valence-corrected chi connectivity index (χ4v) is 3.07. The average molecular weight is 224 g/mol. The van der Waals surface area contributed by atoms with E-state index >= 15 is 0 Å². The molecule has 0 bridgehead atoms. The van der Waals surface area contributed by atoms with Crippen LogP contribution in [0.1, 0.15) is 43.2 Å². The number of aryl methyl sites for hydroxylation is 1. The van der Waals surface area contributed by atoms with Gasteiger partial charge in [-0.25, -0.2) is 0 Å². The van der Waals surface area contributed by atoms with Gasteiger partial charge in [-0.15, -0.1) is 11.3 Å². The predicted molar refractivity (Wildman–Crippen MR) is 66.3 cm³/mol. The summed E-state index contributed by atoms with van der Waals surface area (Å²) in [6, 6.07) is 2.79. The molecule has 0 aliphatic heterocycles. The van der Waals surface area contributed by atoms with Gasteiger partial charge < -0.3 is 11.1 Å². The fourth-order valence-electron chi connectivity index (χ4n) is 2.08. The normalized spacial score (nSPS) is 21.4. The second-order valence-electron chi connectivity index (χ2n) is 5.11. The molecule has 1 unspecified atom stereocenters. The smallest absolute Gasteiger partial charge is 0.0332 e. The van der Waals surface area contributed by atoms with Gasteiger partial charge in [0, 0.05) is 23.0 Å². The maximum absolute atomic E-state index is 5.99. The van der Waals surface area contributed by atoms with Gasteiger partial charge in [-0.1, -0.05) is 0 Å². The molecule has 0 saturated carbocycles. The molecule has 3 heteroatoms. The van der Waals surface area contributed by atoms with Crippen LogP contribution in [0.2, 0.25) is 0 Å². The molecule has 2 rings (SSSR count). The van der Waals surface area contributed by atoms with E-state index in [0.29, 0.717) is 6.04 Å². The summed E-state index contributed by atoms with van der Waals surface area (Å²) in [5, 5.41) is 5.79. The number of thiophene rings is 1. The highest BCUT2D eigenvalue weighted by Gasteiger charge is 2.22. The van der Waals surface area contributed by atoms with Gasteiger partial charge >= 0.3 is 0 Å². The summed E-state index contributed by atoms with van der Waals surface area (Å²) in [7, 11) is 0. The summed E-state index contributed by atoms with van der Waals surface area (Å²) >= 11 is 1.89. The molecule has 15 heavy (non-hydrogen) atoms. The molecular weight excluding hydrogens is 204 g/mol. The first-order chi connectivity index (χ1) is 7.06. The zero-order valence-electron chi connectivity index (χ0n) is 9.55. The highest BCUT2D eigenvalue weighted by atomic mass is 32.1. The molecule has 0 radical (unpaired) electrons. The molecular formula is C12H20N2S. The van der Waals surface area contributed by atoms with E-state index in [4.69, 9.17) is 5.73 Å². The van der Waals surface area contributed by atoms with Gasteiger partial charge in [0.2, 0.25) is 0 Å². The van der Waals surface area contributed by atoms with E-state index in [1.165, 1.54) is 24.8 Å². The Bertz CT molecular complexity index is 325. The van der Waals surface area contributed by atoms with E-state index in [1.54, 1.807) is 4.88 Å². The van der Waals surface area contributed by atoms with Crippen molar-refractivity contribution in [3.8, 4) is 0 Å². The second kappa shape index (κ2) is 4.24. The Kier molecular flexibility index (Phi) is 3.14. The minimum Gasteiger partial charge on any atom is -0.324 e. The number of hydrogen-bond acceptors (Lipinski definition) is 3. The van der Waals surface area contributed by atoms with Crippen LogP contribution in [0, 0.1) is 0 Å². The topological polar surface area (TPSA) is 38.0 Å². The monoisotopic (exact) mass is 224 g/mol. The second-order valence-corrected chi connectivity index (χ2v) is 6.11. The summed E-state index contributed by atoms with van der Waals surface area (Å²) in [5.74, 6) is 0. The molecule has 0 saturated heterocycles. The van der Waals surface area contributed by atoms with Gasteiger partial charge in [-0.3, -0.25) is 0 Å². The summed E-state index contributed by atoms with van der Waals surface area (Å²) in [4.78, 5) is 1.56. The number of fused-ring (bicyclic) bond motifs is 1. The van der Waals surface area contributed by atoms with Gasteiger partial charge in [0.1, 0.15) is 0 Å². The van der Waals surface area contributed by atoms with E-state index in [1.807, 2.05) is 11.3 Å². The largest absolute Gasteiger partial charge is 0.324 e. The number of nitrogens with one attached hydrogen (secondary N) is 1. The molecule has 3 N–H and O–H groups in total. The van der Waals surface area contributed by atoms with Gasteiger partial charge in [-0.05, 0) is 50.1 Å². The van der Waals surface area contributed by atoms with Crippen molar-refractivity contribution in [2.45, 2.75) is 44.7 Å². The predicted octanol–water partition coefficient (Wildman–Crippen LogP) is 2.45. The van der Waals surface area contributed by atoms with Crippen molar-refractivity contribution in [3.05, 3.63) is 21.9 Å². The van der Waals surface area contributed by atoms with E-state index < -0.39 is 0 Å². The molecule has 1 aromatic rings. The fraction of sp³-hybridized carbons (Fsp3) is 0.667. The van der Waals surface area contributed by atoms with Crippen LogP contribution in [0.5, 0.6) is 0 Å². The van der Waals surface area contributed by atoms with E-state index in [-0.39, 0.29) is 5.54 Å². The van der Waals surface area contributed by atoms with Crippen LogP contribution in [-0.2, 0) is 6.42 Å². The van der Waals surface area contributed by atoms with Crippen LogP contribution >= 0.6 is 11.3 Å². The molecule has 0 spiro atoms. The summed E-state index contributed by atoms with van der Waals surface area (Å²) in [6.45, 7) is 5.02. The highest BCUT2D eigenvalue weighted by molar-refractivity contribution is 7.10. The van der Waals surface area contributed by atoms with Crippen molar-refractivity contribution in [1.82, 2.24) is 5.32 Å². The molecule has 1 aliphatic carbocycles. The van der Waals surface area contributed by atoms with E-state index in [2.05, 4.69) is 30.6 Å². The maximum atomic E-state index is 5.99. The zero-order chi connectivity index (χ0) is 10.9. The first-order valence-electron chi connectivity index (χ1n) is 5.65. The maximum Gasteiger partial charge on any atom is 0.0332 e. The lowest BCUT2D eigenvalue weighted by Crippen LogP contribution is -2.44. The van der Waals surface area contributed by atoms with Crippen molar-refractivity contribution in [3.63, 3.8) is 0 Å². The zero-order valence-corrected chi connectivity index (χ0v) is 10.4. The molecule has 1 aliphatic rings. The summed E-state index contributed by atoms with van der Waals surface area (Å²) < 4.78 is 0. The van der Waals surface area contributed by atoms with Crippen molar-refractivity contribution < 1.29 is 0 Å². The molecule has 1 heterocycles. The van der Waals surface area contributed by atoms with E-state index in [9.17, 15) is 0 Å². The van der Waals surface area contributed by atoms with Crippen LogP contribution < -0.4 is 11.1 Å². The first-order valence-corrected chi connectivity index (χ1v) is 6.53. The Morgan fingerprint density at radius 3 is 3.13 bits per heavy atom. The first kappa shape index (κ1) is 11.1. The third-order valence-corrected chi connectivity index (χ3v) is 3.85. The Labute approximate surface area is 95.9 Å². The number of nitrogens with two attached hydrogens (primary N) is 1.